The van der Waals surface area contributed by atoms with Gasteiger partial charge in [0, 0.05) is 0 Å². The fourth-order valence-corrected chi connectivity index (χ4v) is 1.23. The van der Waals surface area contributed by atoms with Crippen molar-refractivity contribution in [2.45, 2.75) is 25.8 Å². The molecule has 0 amide bonds. The molecule has 1 N–H and O–H groups in total. The van der Waals surface area contributed by atoms with Gasteiger partial charge in [0.2, 0.25) is 0 Å². The predicted octanol–water partition coefficient (Wildman–Crippen LogP) is 2.46. The third-order valence-electron chi connectivity index (χ3n) is 2.26. The molecule has 1 aromatic rings. The monoisotopic (exact) mass is 217 g/mol. The molecule has 86 valence electrons. The lowest BCUT2D eigenvalue weighted by atomic mass is 10.1. The van der Waals surface area contributed by atoms with Gasteiger partial charge in [0.15, 0.2) is 0 Å². The Bertz CT molecular complexity index is 338. The van der Waals surface area contributed by atoms with Gasteiger partial charge in [-0.3, -0.25) is 0 Å². The minimum Gasteiger partial charge on any atom is -0.494 e. The average Bonchev–Trinajstić information content (AvgIpc) is 2.30. The second-order valence-electron chi connectivity index (χ2n) is 4.21. The van der Waals surface area contributed by atoms with Crippen molar-refractivity contribution in [3.63, 3.8) is 0 Å². The molecule has 0 aliphatic carbocycles. The van der Waals surface area contributed by atoms with Crippen LogP contribution in [0.15, 0.2) is 30.3 Å². The number of benzene rings is 1. The Hall–Kier alpha value is -1.46. The Kier molecular flexibility index (Phi) is 4.88. The lowest BCUT2D eigenvalue weighted by Crippen LogP contribution is -2.38. The van der Waals surface area contributed by atoms with Crippen molar-refractivity contribution in [3.8, 4) is 18.1 Å². The first kappa shape index (κ1) is 12.6. The zero-order chi connectivity index (χ0) is 11.9. The minimum atomic E-state index is -0.229. The number of ether oxygens (including phenoxy) is 1. The predicted molar refractivity (Wildman–Crippen MR) is 67.5 cm³/mol. The van der Waals surface area contributed by atoms with Crippen molar-refractivity contribution in [2.24, 2.45) is 0 Å². The summed E-state index contributed by atoms with van der Waals surface area (Å²) in [4.78, 5) is 0. The van der Waals surface area contributed by atoms with Gasteiger partial charge in [-0.05, 0) is 38.9 Å². The Morgan fingerprint density at radius 2 is 2.00 bits per heavy atom. The summed E-state index contributed by atoms with van der Waals surface area (Å²) < 4.78 is 5.56. The van der Waals surface area contributed by atoms with E-state index >= 15 is 0 Å². The fourth-order valence-electron chi connectivity index (χ4n) is 1.23. The maximum atomic E-state index is 5.56. The van der Waals surface area contributed by atoms with Crippen LogP contribution in [-0.2, 0) is 0 Å². The second-order valence-corrected chi connectivity index (χ2v) is 4.21. The third-order valence-corrected chi connectivity index (χ3v) is 2.26. The van der Waals surface area contributed by atoms with Crippen molar-refractivity contribution in [1.29, 1.82) is 0 Å². The van der Waals surface area contributed by atoms with Crippen molar-refractivity contribution in [2.75, 3.05) is 13.2 Å². The summed E-state index contributed by atoms with van der Waals surface area (Å²) in [5, 5.41) is 3.28. The molecule has 16 heavy (non-hydrogen) atoms. The summed E-state index contributed by atoms with van der Waals surface area (Å²) in [5.74, 6) is 3.61. The first-order valence-corrected chi connectivity index (χ1v) is 5.55. The Morgan fingerprint density at radius 3 is 2.62 bits per heavy atom. The van der Waals surface area contributed by atoms with Crippen molar-refractivity contribution < 1.29 is 4.74 Å². The van der Waals surface area contributed by atoms with Gasteiger partial charge >= 0.3 is 0 Å². The van der Waals surface area contributed by atoms with E-state index < -0.39 is 0 Å². The molecule has 1 rings (SSSR count). The molecule has 0 aliphatic heterocycles. The number of rotatable bonds is 6. The van der Waals surface area contributed by atoms with Crippen LogP contribution < -0.4 is 10.1 Å². The largest absolute Gasteiger partial charge is 0.494 e. The topological polar surface area (TPSA) is 21.3 Å². The van der Waals surface area contributed by atoms with Gasteiger partial charge in [-0.2, -0.15) is 0 Å². The SMILES string of the molecule is C#CC(C)(C)NCCCOc1ccccc1. The quantitative estimate of drug-likeness (QED) is 0.584. The van der Waals surface area contributed by atoms with Crippen LogP contribution in [0, 0.1) is 12.3 Å². The molecule has 0 atom stereocenters. The van der Waals surface area contributed by atoms with E-state index in [0.29, 0.717) is 6.61 Å². The van der Waals surface area contributed by atoms with Crippen LogP contribution in [0.3, 0.4) is 0 Å². The lowest BCUT2D eigenvalue weighted by molar-refractivity contribution is 0.302. The Morgan fingerprint density at radius 1 is 1.31 bits per heavy atom. The maximum absolute atomic E-state index is 5.56. The highest BCUT2D eigenvalue weighted by molar-refractivity contribution is 5.20. The molecule has 0 spiro atoms. The summed E-state index contributed by atoms with van der Waals surface area (Å²) in [6.45, 7) is 5.55. The van der Waals surface area contributed by atoms with Crippen LogP contribution in [-0.4, -0.2) is 18.7 Å². The highest BCUT2D eigenvalue weighted by Crippen LogP contribution is 2.08. The van der Waals surface area contributed by atoms with Gasteiger partial charge in [0.1, 0.15) is 5.75 Å². The van der Waals surface area contributed by atoms with Gasteiger partial charge in [0.05, 0.1) is 12.1 Å². The molecule has 2 nitrogen and oxygen atoms in total. The molecule has 0 fully saturated rings. The number of hydrogen-bond acceptors (Lipinski definition) is 2. The molecule has 0 radical (unpaired) electrons. The molecule has 2 heteroatoms. The van der Waals surface area contributed by atoms with Crippen molar-refractivity contribution in [3.05, 3.63) is 30.3 Å². The number of nitrogens with one attached hydrogen (secondary N) is 1. The average molecular weight is 217 g/mol. The van der Waals surface area contributed by atoms with Crippen LogP contribution in [0.5, 0.6) is 5.75 Å². The van der Waals surface area contributed by atoms with E-state index in [-0.39, 0.29) is 5.54 Å². The summed E-state index contributed by atoms with van der Waals surface area (Å²) in [5.41, 5.74) is -0.229. The molecule has 0 unspecified atom stereocenters. The minimum absolute atomic E-state index is 0.229. The summed E-state index contributed by atoms with van der Waals surface area (Å²) in [6, 6.07) is 9.82. The zero-order valence-electron chi connectivity index (χ0n) is 9.99. The molecule has 0 saturated carbocycles. The van der Waals surface area contributed by atoms with Gasteiger partial charge in [-0.25, -0.2) is 0 Å². The first-order chi connectivity index (χ1) is 7.64. The van der Waals surface area contributed by atoms with E-state index in [1.807, 2.05) is 44.2 Å². The maximum Gasteiger partial charge on any atom is 0.119 e. The van der Waals surface area contributed by atoms with Crippen LogP contribution in [0.25, 0.3) is 0 Å². The van der Waals surface area contributed by atoms with E-state index in [1.54, 1.807) is 0 Å². The Labute approximate surface area is 98.0 Å². The van der Waals surface area contributed by atoms with E-state index in [0.717, 1.165) is 18.7 Å². The molecule has 0 aliphatic rings. The number of hydrogen-bond donors (Lipinski definition) is 1. The summed E-state index contributed by atoms with van der Waals surface area (Å²) in [7, 11) is 0. The lowest BCUT2D eigenvalue weighted by Gasteiger charge is -2.19. The van der Waals surface area contributed by atoms with Crippen LogP contribution in [0.4, 0.5) is 0 Å². The van der Waals surface area contributed by atoms with E-state index in [4.69, 9.17) is 11.2 Å². The summed E-state index contributed by atoms with van der Waals surface area (Å²) >= 11 is 0. The van der Waals surface area contributed by atoms with Crippen molar-refractivity contribution >= 4 is 0 Å². The van der Waals surface area contributed by atoms with Gasteiger partial charge < -0.3 is 10.1 Å². The highest BCUT2D eigenvalue weighted by atomic mass is 16.5. The van der Waals surface area contributed by atoms with Crippen LogP contribution in [0.2, 0.25) is 0 Å². The highest BCUT2D eigenvalue weighted by Gasteiger charge is 2.10. The van der Waals surface area contributed by atoms with Crippen LogP contribution >= 0.6 is 0 Å². The second kappa shape index (κ2) is 6.19. The normalized spacial score (nSPS) is 10.8. The molecular weight excluding hydrogens is 198 g/mol. The van der Waals surface area contributed by atoms with Gasteiger partial charge in [-0.15, -0.1) is 6.42 Å². The third kappa shape index (κ3) is 4.86. The first-order valence-electron chi connectivity index (χ1n) is 5.55. The fraction of sp³-hybridized carbons (Fsp3) is 0.429. The molecule has 0 aromatic heterocycles. The van der Waals surface area contributed by atoms with E-state index in [2.05, 4.69) is 11.2 Å². The summed E-state index contributed by atoms with van der Waals surface area (Å²) in [6.07, 6.45) is 6.31. The molecule has 0 heterocycles. The zero-order valence-corrected chi connectivity index (χ0v) is 9.99. The number of para-hydroxylation sites is 1. The smallest absolute Gasteiger partial charge is 0.119 e. The molecule has 1 aromatic carbocycles. The van der Waals surface area contributed by atoms with E-state index in [9.17, 15) is 0 Å². The van der Waals surface area contributed by atoms with Gasteiger partial charge in [-0.1, -0.05) is 24.1 Å². The molecular formula is C14H19NO. The Balaban J connectivity index is 2.12. The molecule has 0 bridgehead atoms. The van der Waals surface area contributed by atoms with Crippen LogP contribution in [0.1, 0.15) is 20.3 Å². The van der Waals surface area contributed by atoms with Gasteiger partial charge in [0.25, 0.3) is 0 Å². The van der Waals surface area contributed by atoms with E-state index in [1.165, 1.54) is 0 Å². The molecule has 0 saturated heterocycles. The standard InChI is InChI=1S/C14H19NO/c1-4-14(2,3)15-11-8-12-16-13-9-6-5-7-10-13/h1,5-7,9-10,15H,8,11-12H2,2-3H3. The number of terminal acetylenes is 1. The van der Waals surface area contributed by atoms with Crippen molar-refractivity contribution in [1.82, 2.24) is 5.32 Å².